The van der Waals surface area contributed by atoms with Crippen LogP contribution in [0.15, 0.2) is 47.4 Å². The van der Waals surface area contributed by atoms with Gasteiger partial charge in [-0.05, 0) is 28.0 Å². The van der Waals surface area contributed by atoms with E-state index < -0.39 is 10.0 Å². The summed E-state index contributed by atoms with van der Waals surface area (Å²) in [5.74, 6) is 0.716. The van der Waals surface area contributed by atoms with E-state index in [9.17, 15) is 8.42 Å². The van der Waals surface area contributed by atoms with Gasteiger partial charge >= 0.3 is 0 Å². The predicted molar refractivity (Wildman–Crippen MR) is 92.0 cm³/mol. The zero-order chi connectivity index (χ0) is 17.4. The van der Waals surface area contributed by atoms with Crippen molar-refractivity contribution in [1.82, 2.24) is 25.9 Å². The third-order valence-corrected chi connectivity index (χ3v) is 5.33. The first kappa shape index (κ1) is 15.9. The minimum atomic E-state index is -3.94. The lowest BCUT2D eigenvalue weighted by Crippen LogP contribution is -2.39. The van der Waals surface area contributed by atoms with E-state index in [2.05, 4.69) is 38.1 Å². The van der Waals surface area contributed by atoms with E-state index in [0.29, 0.717) is 17.0 Å². The topological polar surface area (TPSA) is 127 Å². The van der Waals surface area contributed by atoms with Gasteiger partial charge in [-0.3, -0.25) is 0 Å². The van der Waals surface area contributed by atoms with Crippen molar-refractivity contribution < 1.29 is 8.42 Å². The van der Waals surface area contributed by atoms with E-state index in [1.165, 1.54) is 11.6 Å². The van der Waals surface area contributed by atoms with Crippen LogP contribution in [0.4, 0.5) is 0 Å². The van der Waals surface area contributed by atoms with Gasteiger partial charge in [-0.1, -0.05) is 36.4 Å². The van der Waals surface area contributed by atoms with Crippen LogP contribution in [-0.2, 0) is 10.0 Å². The van der Waals surface area contributed by atoms with Crippen LogP contribution >= 0.6 is 0 Å². The lowest BCUT2D eigenvalue weighted by Gasteiger charge is -2.27. The zero-order valence-electron chi connectivity index (χ0n) is 13.2. The second-order valence-electron chi connectivity index (χ2n) is 5.94. The summed E-state index contributed by atoms with van der Waals surface area (Å²) in [5, 5.41) is 22.4. The van der Waals surface area contributed by atoms with E-state index in [1.54, 1.807) is 6.07 Å². The lowest BCUT2D eigenvalue weighted by atomic mass is 9.91. The maximum absolute atomic E-state index is 12.0. The van der Waals surface area contributed by atoms with Gasteiger partial charge in [0.15, 0.2) is 0 Å². The third kappa shape index (κ3) is 2.93. The van der Waals surface area contributed by atoms with E-state index in [4.69, 9.17) is 5.14 Å². The molecule has 0 bridgehead atoms. The molecule has 1 aliphatic heterocycles. The van der Waals surface area contributed by atoms with Crippen LogP contribution < -0.4 is 10.5 Å². The Balaban J connectivity index is 1.87. The molecule has 0 unspecified atom stereocenters. The Morgan fingerprint density at radius 3 is 2.40 bits per heavy atom. The van der Waals surface area contributed by atoms with Crippen molar-refractivity contribution in [1.29, 1.82) is 0 Å². The Bertz CT molecular complexity index is 996. The molecule has 0 spiro atoms. The summed E-state index contributed by atoms with van der Waals surface area (Å²) >= 11 is 0. The molecule has 4 N–H and O–H groups in total. The number of nitrogens with two attached hydrogens (primary N) is 1. The maximum Gasteiger partial charge on any atom is 0.238 e. The molecular formula is C16H16N6O2S. The third-order valence-electron chi connectivity index (χ3n) is 4.38. The molecule has 0 radical (unpaired) electrons. The number of hydrogen-bond acceptors (Lipinski definition) is 6. The Kier molecular flexibility index (Phi) is 3.83. The minimum absolute atomic E-state index is 0.0290. The van der Waals surface area contributed by atoms with E-state index in [-0.39, 0.29) is 10.7 Å². The molecule has 0 saturated carbocycles. The number of nitrogens with one attached hydrogen (secondary N) is 2. The molecular weight excluding hydrogens is 340 g/mol. The number of hydrogen-bond donors (Lipinski definition) is 3. The normalized spacial score (nSPS) is 15.1. The van der Waals surface area contributed by atoms with Gasteiger partial charge in [-0.15, -0.1) is 10.2 Å². The fourth-order valence-corrected chi connectivity index (χ4v) is 3.72. The fraction of sp³-hybridized carbons (Fsp3) is 0.188. The maximum atomic E-state index is 12.0. The van der Waals surface area contributed by atoms with Crippen LogP contribution in [0.3, 0.4) is 0 Å². The number of aromatic nitrogens is 4. The van der Waals surface area contributed by atoms with Gasteiger partial charge in [-0.25, -0.2) is 13.6 Å². The first-order valence-electron chi connectivity index (χ1n) is 7.75. The van der Waals surface area contributed by atoms with Crippen LogP contribution in [0.5, 0.6) is 0 Å². The predicted octanol–water partition coefficient (Wildman–Crippen LogP) is 0.868. The highest BCUT2D eigenvalue weighted by Gasteiger charge is 2.23. The van der Waals surface area contributed by atoms with Crippen molar-refractivity contribution >= 4 is 10.0 Å². The van der Waals surface area contributed by atoms with E-state index >= 15 is 0 Å². The molecule has 2 heterocycles. The van der Waals surface area contributed by atoms with Gasteiger partial charge in [0.2, 0.25) is 15.8 Å². The van der Waals surface area contributed by atoms with Crippen molar-refractivity contribution in [2.24, 2.45) is 5.14 Å². The van der Waals surface area contributed by atoms with Gasteiger partial charge in [0, 0.05) is 19.0 Å². The lowest BCUT2D eigenvalue weighted by molar-refractivity contribution is 0.448. The number of H-pyrrole nitrogens is 1. The Hall–Kier alpha value is -2.62. The molecule has 1 saturated heterocycles. The van der Waals surface area contributed by atoms with Gasteiger partial charge in [0.05, 0.1) is 10.5 Å². The van der Waals surface area contributed by atoms with Crippen molar-refractivity contribution in [3.63, 3.8) is 0 Å². The molecule has 1 fully saturated rings. The highest BCUT2D eigenvalue weighted by molar-refractivity contribution is 7.89. The Labute approximate surface area is 144 Å². The first-order valence-corrected chi connectivity index (χ1v) is 9.29. The first-order chi connectivity index (χ1) is 12.0. The molecule has 0 aliphatic carbocycles. The summed E-state index contributed by atoms with van der Waals surface area (Å²) < 4.78 is 24.0. The molecule has 1 aliphatic rings. The highest BCUT2D eigenvalue weighted by atomic mass is 32.2. The summed E-state index contributed by atoms with van der Waals surface area (Å²) in [4.78, 5) is -0.0290. The second-order valence-corrected chi connectivity index (χ2v) is 7.47. The summed E-state index contributed by atoms with van der Waals surface area (Å²) in [6.07, 6.45) is 0. The van der Waals surface area contributed by atoms with Crippen molar-refractivity contribution in [2.75, 3.05) is 13.1 Å². The number of benzene rings is 2. The Morgan fingerprint density at radius 1 is 1.08 bits per heavy atom. The summed E-state index contributed by atoms with van der Waals surface area (Å²) in [5.41, 5.74) is 3.15. The van der Waals surface area contributed by atoms with Crippen LogP contribution in [0.1, 0.15) is 11.5 Å². The number of aromatic amines is 1. The SMILES string of the molecule is NS(=O)(=O)c1cccc(-c2ccc(C3CNC3)cc2)c1-c1nn[nH]n1. The van der Waals surface area contributed by atoms with Gasteiger partial charge in [0.1, 0.15) is 0 Å². The molecule has 3 aromatic rings. The minimum Gasteiger partial charge on any atom is -0.315 e. The monoisotopic (exact) mass is 356 g/mol. The number of tetrazole rings is 1. The van der Waals surface area contributed by atoms with Crippen LogP contribution in [0, 0.1) is 0 Å². The van der Waals surface area contributed by atoms with Crippen LogP contribution in [-0.4, -0.2) is 42.1 Å². The summed E-state index contributed by atoms with van der Waals surface area (Å²) in [6.45, 7) is 1.96. The zero-order valence-corrected chi connectivity index (χ0v) is 14.0. The summed E-state index contributed by atoms with van der Waals surface area (Å²) in [7, 11) is -3.94. The number of primary sulfonamides is 1. The van der Waals surface area contributed by atoms with Crippen molar-refractivity contribution in [2.45, 2.75) is 10.8 Å². The van der Waals surface area contributed by atoms with Crippen LogP contribution in [0.25, 0.3) is 22.5 Å². The smallest absolute Gasteiger partial charge is 0.238 e. The Morgan fingerprint density at radius 2 is 1.84 bits per heavy atom. The standard InChI is InChI=1S/C16H16N6O2S/c17-25(23,24)14-3-1-2-13(15(14)16-19-21-22-20-16)11-6-4-10(5-7-11)12-8-18-9-12/h1-7,12,18H,8-9H2,(H2,17,23,24)(H,19,20,21,22). The fourth-order valence-electron chi connectivity index (χ4n) is 2.97. The molecule has 25 heavy (non-hydrogen) atoms. The van der Waals surface area contributed by atoms with Gasteiger partial charge in [-0.2, -0.15) is 5.21 Å². The number of nitrogens with zero attached hydrogens (tertiary/aromatic N) is 3. The summed E-state index contributed by atoms with van der Waals surface area (Å²) in [6, 6.07) is 13.0. The molecule has 8 nitrogen and oxygen atoms in total. The van der Waals surface area contributed by atoms with Crippen molar-refractivity contribution in [3.05, 3.63) is 48.0 Å². The molecule has 2 aromatic carbocycles. The quantitative estimate of drug-likeness (QED) is 0.636. The molecule has 4 rings (SSSR count). The highest BCUT2D eigenvalue weighted by Crippen LogP contribution is 2.35. The number of rotatable bonds is 4. The van der Waals surface area contributed by atoms with Crippen LogP contribution in [0.2, 0.25) is 0 Å². The van der Waals surface area contributed by atoms with E-state index in [1.807, 2.05) is 18.2 Å². The van der Waals surface area contributed by atoms with Crippen molar-refractivity contribution in [3.8, 4) is 22.5 Å². The molecule has 0 amide bonds. The number of sulfonamides is 1. The van der Waals surface area contributed by atoms with Gasteiger partial charge in [0.25, 0.3) is 0 Å². The molecule has 9 heteroatoms. The van der Waals surface area contributed by atoms with Gasteiger partial charge < -0.3 is 5.32 Å². The second kappa shape index (κ2) is 6.03. The molecule has 1 aromatic heterocycles. The average molecular weight is 356 g/mol. The molecule has 0 atom stereocenters. The van der Waals surface area contributed by atoms with E-state index in [0.717, 1.165) is 18.7 Å². The average Bonchev–Trinajstić information content (AvgIpc) is 3.07. The largest absolute Gasteiger partial charge is 0.315 e. The molecule has 128 valence electrons.